The second kappa shape index (κ2) is 10.5. The monoisotopic (exact) mass is 387 g/mol. The van der Waals surface area contributed by atoms with Gasteiger partial charge in [0.2, 0.25) is 11.8 Å². The molecule has 0 bridgehead atoms. The third-order valence-corrected chi connectivity index (χ3v) is 6.02. The Kier molecular flexibility index (Phi) is 8.64. The van der Waals surface area contributed by atoms with Crippen LogP contribution in [0.3, 0.4) is 0 Å². The summed E-state index contributed by atoms with van der Waals surface area (Å²) < 4.78 is 5.58. The molecule has 2 aliphatic heterocycles. The first-order valence-electron chi connectivity index (χ1n) is 10.1. The first-order valence-corrected chi connectivity index (χ1v) is 10.1. The van der Waals surface area contributed by atoms with Gasteiger partial charge in [0.15, 0.2) is 0 Å². The van der Waals surface area contributed by atoms with E-state index in [-0.39, 0.29) is 36.4 Å². The average molecular weight is 388 g/mol. The Hall–Kier alpha value is -0.850. The molecule has 0 spiro atoms. The van der Waals surface area contributed by atoms with Crippen molar-refractivity contribution in [1.82, 2.24) is 15.1 Å². The van der Waals surface area contributed by atoms with Gasteiger partial charge in [-0.3, -0.25) is 9.59 Å². The molecular formula is C19H34ClN3O3. The van der Waals surface area contributed by atoms with Crippen LogP contribution in [-0.4, -0.2) is 73.1 Å². The normalized spacial score (nSPS) is 27.7. The lowest BCUT2D eigenvalue weighted by atomic mass is 9.86. The molecule has 2 amide bonds. The van der Waals surface area contributed by atoms with Crippen molar-refractivity contribution >= 4 is 24.2 Å². The SMILES string of the molecule is C[C@H]1OCCN[C@@H]1C(=O)N1CCN(C(=O)CCC2CCCCC2)CC1.Cl. The largest absolute Gasteiger partial charge is 0.375 e. The topological polar surface area (TPSA) is 61.9 Å². The second-order valence-corrected chi connectivity index (χ2v) is 7.76. The Labute approximate surface area is 163 Å². The van der Waals surface area contributed by atoms with E-state index in [2.05, 4.69) is 5.32 Å². The van der Waals surface area contributed by atoms with E-state index >= 15 is 0 Å². The van der Waals surface area contributed by atoms with Gasteiger partial charge in [-0.1, -0.05) is 32.1 Å². The maximum atomic E-state index is 12.7. The van der Waals surface area contributed by atoms with E-state index in [0.29, 0.717) is 39.2 Å². The third kappa shape index (κ3) is 5.57. The summed E-state index contributed by atoms with van der Waals surface area (Å²) in [5.41, 5.74) is 0. The highest BCUT2D eigenvalue weighted by Crippen LogP contribution is 2.27. The molecule has 26 heavy (non-hydrogen) atoms. The fraction of sp³-hybridized carbons (Fsp3) is 0.895. The van der Waals surface area contributed by atoms with Crippen molar-refractivity contribution in [3.05, 3.63) is 0 Å². The van der Waals surface area contributed by atoms with Crippen LogP contribution >= 0.6 is 12.4 Å². The zero-order chi connectivity index (χ0) is 17.6. The van der Waals surface area contributed by atoms with Gasteiger partial charge in [0.25, 0.3) is 0 Å². The van der Waals surface area contributed by atoms with Gasteiger partial charge in [-0.05, 0) is 19.3 Å². The molecular weight excluding hydrogens is 354 g/mol. The Morgan fingerprint density at radius 1 is 1.04 bits per heavy atom. The highest BCUT2D eigenvalue weighted by Gasteiger charge is 2.33. The summed E-state index contributed by atoms with van der Waals surface area (Å²) in [6, 6.07) is -0.248. The van der Waals surface area contributed by atoms with Gasteiger partial charge in [-0.25, -0.2) is 0 Å². The van der Waals surface area contributed by atoms with E-state index in [1.807, 2.05) is 16.7 Å². The van der Waals surface area contributed by atoms with Crippen molar-refractivity contribution in [2.45, 2.75) is 64.0 Å². The van der Waals surface area contributed by atoms with Gasteiger partial charge in [0.05, 0.1) is 12.7 Å². The molecule has 2 saturated heterocycles. The smallest absolute Gasteiger partial charge is 0.242 e. The van der Waals surface area contributed by atoms with E-state index in [0.717, 1.165) is 18.9 Å². The number of piperazine rings is 1. The lowest BCUT2D eigenvalue weighted by Gasteiger charge is -2.39. The number of morpholine rings is 1. The lowest BCUT2D eigenvalue weighted by molar-refractivity contribution is -0.145. The van der Waals surface area contributed by atoms with Crippen LogP contribution in [0.4, 0.5) is 0 Å². The predicted octanol–water partition coefficient (Wildman–Crippen LogP) is 1.82. The second-order valence-electron chi connectivity index (χ2n) is 7.76. The number of carbonyl (C=O) groups is 2. The van der Waals surface area contributed by atoms with Crippen LogP contribution in [0, 0.1) is 5.92 Å². The van der Waals surface area contributed by atoms with Gasteiger partial charge < -0.3 is 19.9 Å². The minimum Gasteiger partial charge on any atom is -0.375 e. The van der Waals surface area contributed by atoms with Gasteiger partial charge >= 0.3 is 0 Å². The molecule has 0 unspecified atom stereocenters. The summed E-state index contributed by atoms with van der Waals surface area (Å²) in [4.78, 5) is 28.9. The molecule has 6 nitrogen and oxygen atoms in total. The standard InChI is InChI=1S/C19H33N3O3.ClH/c1-15-18(20-9-14-25-15)19(24)22-12-10-21(11-13-22)17(23)8-7-16-5-3-2-4-6-16;/h15-16,18,20H,2-14H2,1H3;1H/t15-,18+;/m1./s1. The number of amides is 2. The molecule has 3 fully saturated rings. The van der Waals surface area contributed by atoms with Gasteiger partial charge in [0.1, 0.15) is 6.04 Å². The van der Waals surface area contributed by atoms with E-state index in [4.69, 9.17) is 4.74 Å². The third-order valence-electron chi connectivity index (χ3n) is 6.02. The first kappa shape index (κ1) is 21.5. The molecule has 0 aromatic rings. The van der Waals surface area contributed by atoms with E-state index in [1.54, 1.807) is 0 Å². The number of nitrogens with zero attached hydrogens (tertiary/aromatic N) is 2. The minimum atomic E-state index is -0.248. The Bertz CT molecular complexity index is 463. The molecule has 1 N–H and O–H groups in total. The molecule has 3 rings (SSSR count). The molecule has 150 valence electrons. The Balaban J connectivity index is 0.00000243. The summed E-state index contributed by atoms with van der Waals surface area (Å²) in [5, 5.41) is 3.26. The molecule has 7 heteroatoms. The molecule has 3 aliphatic rings. The maximum absolute atomic E-state index is 12.7. The van der Waals surface area contributed by atoms with E-state index in [9.17, 15) is 9.59 Å². The number of nitrogens with one attached hydrogen (secondary N) is 1. The first-order chi connectivity index (χ1) is 12.1. The molecule has 2 atom stereocenters. The molecule has 0 aromatic carbocycles. The number of ether oxygens (including phenoxy) is 1. The fourth-order valence-corrected chi connectivity index (χ4v) is 4.34. The fourth-order valence-electron chi connectivity index (χ4n) is 4.34. The summed E-state index contributed by atoms with van der Waals surface area (Å²) >= 11 is 0. The van der Waals surface area contributed by atoms with E-state index < -0.39 is 0 Å². The zero-order valence-corrected chi connectivity index (χ0v) is 16.8. The lowest BCUT2D eigenvalue weighted by Crippen LogP contribution is -2.60. The zero-order valence-electron chi connectivity index (χ0n) is 16.0. The highest BCUT2D eigenvalue weighted by atomic mass is 35.5. The Morgan fingerprint density at radius 3 is 2.35 bits per heavy atom. The van der Waals surface area contributed by atoms with E-state index in [1.165, 1.54) is 32.1 Å². The van der Waals surface area contributed by atoms with Gasteiger partial charge in [0, 0.05) is 39.1 Å². The number of rotatable bonds is 4. The van der Waals surface area contributed by atoms with Crippen LogP contribution in [0.25, 0.3) is 0 Å². The number of halogens is 1. The van der Waals surface area contributed by atoms with Crippen molar-refractivity contribution in [2.24, 2.45) is 5.92 Å². The number of carbonyl (C=O) groups excluding carboxylic acids is 2. The molecule has 0 radical (unpaired) electrons. The predicted molar refractivity (Wildman–Crippen MR) is 103 cm³/mol. The van der Waals surface area contributed by atoms with Crippen molar-refractivity contribution in [1.29, 1.82) is 0 Å². The summed E-state index contributed by atoms with van der Waals surface area (Å²) in [6.45, 7) is 5.93. The van der Waals surface area contributed by atoms with Crippen LogP contribution in [0.1, 0.15) is 51.9 Å². The van der Waals surface area contributed by atoms with Crippen LogP contribution < -0.4 is 5.32 Å². The number of hydrogen-bond donors (Lipinski definition) is 1. The average Bonchev–Trinajstić information content (AvgIpc) is 2.67. The highest BCUT2D eigenvalue weighted by molar-refractivity contribution is 5.85. The van der Waals surface area contributed by atoms with Crippen LogP contribution in [0.2, 0.25) is 0 Å². The van der Waals surface area contributed by atoms with Crippen LogP contribution in [-0.2, 0) is 14.3 Å². The summed E-state index contributed by atoms with van der Waals surface area (Å²) in [5.74, 6) is 1.13. The van der Waals surface area contributed by atoms with Crippen molar-refractivity contribution in [2.75, 3.05) is 39.3 Å². The van der Waals surface area contributed by atoms with Crippen LogP contribution in [0.15, 0.2) is 0 Å². The van der Waals surface area contributed by atoms with Gasteiger partial charge in [-0.15, -0.1) is 12.4 Å². The van der Waals surface area contributed by atoms with Crippen LogP contribution in [0.5, 0.6) is 0 Å². The summed E-state index contributed by atoms with van der Waals surface area (Å²) in [6.07, 6.45) is 8.24. The minimum absolute atomic E-state index is 0. The molecule has 1 aliphatic carbocycles. The van der Waals surface area contributed by atoms with Crippen molar-refractivity contribution < 1.29 is 14.3 Å². The maximum Gasteiger partial charge on any atom is 0.242 e. The molecule has 1 saturated carbocycles. The quantitative estimate of drug-likeness (QED) is 0.799. The van der Waals surface area contributed by atoms with Crippen molar-refractivity contribution in [3.63, 3.8) is 0 Å². The molecule has 0 aromatic heterocycles. The Morgan fingerprint density at radius 2 is 1.69 bits per heavy atom. The van der Waals surface area contributed by atoms with Crippen molar-refractivity contribution in [3.8, 4) is 0 Å². The summed E-state index contributed by atoms with van der Waals surface area (Å²) in [7, 11) is 0. The molecule has 2 heterocycles. The van der Waals surface area contributed by atoms with Gasteiger partial charge in [-0.2, -0.15) is 0 Å². The number of hydrogen-bond acceptors (Lipinski definition) is 4.